The van der Waals surface area contributed by atoms with Crippen molar-refractivity contribution < 1.29 is 13.2 Å². The molecule has 0 bridgehead atoms. The fraction of sp³-hybridized carbons (Fsp3) is 0.400. The van der Waals surface area contributed by atoms with Crippen LogP contribution in [0.3, 0.4) is 0 Å². The minimum Gasteiger partial charge on any atom is -0.371 e. The molecular weight excluding hydrogens is 443 g/mol. The normalized spacial score (nSPS) is 20.9. The molecule has 9 heteroatoms. The zero-order chi connectivity index (χ0) is 24.8. The van der Waals surface area contributed by atoms with Crippen LogP contribution in [0.4, 0.5) is 24.5 Å². The van der Waals surface area contributed by atoms with E-state index in [1.807, 2.05) is 18.9 Å². The maximum absolute atomic E-state index is 13.2. The van der Waals surface area contributed by atoms with Crippen LogP contribution >= 0.6 is 0 Å². The van der Waals surface area contributed by atoms with E-state index >= 15 is 0 Å². The minimum atomic E-state index is -4.39. The standard InChI is InChI=1S/C25H26F3N5O/c1-15-14-33(22-12-23(34)32(4)20-9-8-18(13-29)30-24(20)22)16(2)10-21(15)31(3)19-7-5-6-17(11-19)25(26,27)28/h5-9,11-12,15-16,21H,10,14H2,1-4H3/t15-,16-,21?/m0/s1. The summed E-state index contributed by atoms with van der Waals surface area (Å²) in [6.45, 7) is 4.69. The molecule has 1 fully saturated rings. The lowest BCUT2D eigenvalue weighted by molar-refractivity contribution is -0.137. The summed E-state index contributed by atoms with van der Waals surface area (Å²) in [7, 11) is 3.50. The Balaban J connectivity index is 1.67. The van der Waals surface area contributed by atoms with Gasteiger partial charge in [0.2, 0.25) is 0 Å². The summed E-state index contributed by atoms with van der Waals surface area (Å²) in [6.07, 6.45) is -3.71. The number of anilines is 2. The van der Waals surface area contributed by atoms with Crippen LogP contribution in [0.5, 0.6) is 0 Å². The van der Waals surface area contributed by atoms with E-state index < -0.39 is 11.7 Å². The number of fused-ring (bicyclic) bond motifs is 1. The number of nitrogens with zero attached hydrogens (tertiary/aromatic N) is 5. The molecule has 3 heterocycles. The van der Waals surface area contributed by atoms with Gasteiger partial charge in [0.25, 0.3) is 5.56 Å². The molecule has 1 aromatic carbocycles. The third-order valence-corrected chi connectivity index (χ3v) is 6.83. The number of benzene rings is 1. The first kappa shape index (κ1) is 23.6. The topological polar surface area (TPSA) is 65.2 Å². The molecule has 1 aliphatic heterocycles. The number of hydrogen-bond donors (Lipinski definition) is 0. The highest BCUT2D eigenvalue weighted by Gasteiger charge is 2.36. The van der Waals surface area contributed by atoms with E-state index in [0.29, 0.717) is 35.4 Å². The molecule has 0 spiro atoms. The second-order valence-electron chi connectivity index (χ2n) is 9.04. The van der Waals surface area contributed by atoms with E-state index in [0.717, 1.165) is 6.07 Å². The van der Waals surface area contributed by atoms with Gasteiger partial charge in [0.05, 0.1) is 16.8 Å². The van der Waals surface area contributed by atoms with Crippen LogP contribution in [0, 0.1) is 17.2 Å². The van der Waals surface area contributed by atoms with Crippen molar-refractivity contribution in [2.24, 2.45) is 13.0 Å². The molecular formula is C25H26F3N5O. The van der Waals surface area contributed by atoms with E-state index in [4.69, 9.17) is 0 Å². The Labute approximate surface area is 195 Å². The molecule has 4 rings (SSSR count). The van der Waals surface area contributed by atoms with Crippen LogP contribution in [-0.4, -0.2) is 35.2 Å². The molecule has 6 nitrogen and oxygen atoms in total. The number of rotatable bonds is 3. The summed E-state index contributed by atoms with van der Waals surface area (Å²) in [4.78, 5) is 21.2. The van der Waals surface area contributed by atoms with Crippen LogP contribution in [-0.2, 0) is 13.2 Å². The molecule has 0 amide bonds. The summed E-state index contributed by atoms with van der Waals surface area (Å²) in [5.41, 5.74) is 1.86. The van der Waals surface area contributed by atoms with Gasteiger partial charge in [-0.2, -0.15) is 18.4 Å². The lowest BCUT2D eigenvalue weighted by atomic mass is 9.87. The minimum absolute atomic E-state index is 0.00250. The molecule has 3 atom stereocenters. The largest absolute Gasteiger partial charge is 0.416 e. The molecule has 1 aliphatic rings. The van der Waals surface area contributed by atoms with E-state index in [9.17, 15) is 23.2 Å². The first-order chi connectivity index (χ1) is 16.0. The van der Waals surface area contributed by atoms with E-state index in [2.05, 4.69) is 22.9 Å². The van der Waals surface area contributed by atoms with Gasteiger partial charge < -0.3 is 14.4 Å². The third kappa shape index (κ3) is 4.20. The van der Waals surface area contributed by atoms with Crippen molar-refractivity contribution >= 4 is 22.4 Å². The summed E-state index contributed by atoms with van der Waals surface area (Å²) < 4.78 is 41.2. The van der Waals surface area contributed by atoms with E-state index in [1.165, 1.54) is 16.7 Å². The second-order valence-corrected chi connectivity index (χ2v) is 9.04. The van der Waals surface area contributed by atoms with Gasteiger partial charge in [-0.1, -0.05) is 13.0 Å². The number of halogens is 3. The molecule has 3 aromatic rings. The summed E-state index contributed by atoms with van der Waals surface area (Å²) >= 11 is 0. The van der Waals surface area contributed by atoms with Crippen molar-refractivity contribution in [3.8, 4) is 6.07 Å². The first-order valence-corrected chi connectivity index (χ1v) is 11.1. The van der Waals surface area contributed by atoms with Crippen molar-refractivity contribution in [1.29, 1.82) is 5.26 Å². The lowest BCUT2D eigenvalue weighted by Gasteiger charge is -2.47. The van der Waals surface area contributed by atoms with Crippen molar-refractivity contribution in [2.75, 3.05) is 23.4 Å². The molecule has 178 valence electrons. The van der Waals surface area contributed by atoms with Crippen LogP contribution in [0.25, 0.3) is 11.0 Å². The average Bonchev–Trinajstić information content (AvgIpc) is 2.81. The Morgan fingerprint density at radius 3 is 2.59 bits per heavy atom. The zero-order valence-corrected chi connectivity index (χ0v) is 19.5. The predicted molar refractivity (Wildman–Crippen MR) is 126 cm³/mol. The van der Waals surface area contributed by atoms with Crippen molar-refractivity contribution in [1.82, 2.24) is 9.55 Å². The van der Waals surface area contributed by atoms with Gasteiger partial charge >= 0.3 is 6.18 Å². The summed E-state index contributed by atoms with van der Waals surface area (Å²) in [5, 5.41) is 9.32. The number of aryl methyl sites for hydroxylation is 1. The fourth-order valence-electron chi connectivity index (χ4n) is 4.88. The number of hydrogen-bond acceptors (Lipinski definition) is 5. The molecule has 1 saturated heterocycles. The lowest BCUT2D eigenvalue weighted by Crippen LogP contribution is -2.53. The highest BCUT2D eigenvalue weighted by molar-refractivity contribution is 5.89. The predicted octanol–water partition coefficient (Wildman–Crippen LogP) is 4.56. The molecule has 0 saturated carbocycles. The number of alkyl halides is 3. The quantitative estimate of drug-likeness (QED) is 0.563. The molecule has 1 unspecified atom stereocenters. The first-order valence-electron chi connectivity index (χ1n) is 11.1. The number of pyridine rings is 2. The van der Waals surface area contributed by atoms with Gasteiger partial charge in [-0.15, -0.1) is 0 Å². The smallest absolute Gasteiger partial charge is 0.371 e. The van der Waals surface area contributed by atoms with Crippen molar-refractivity contribution in [3.05, 3.63) is 64.1 Å². The molecule has 0 aliphatic carbocycles. The number of piperidine rings is 1. The highest BCUT2D eigenvalue weighted by Crippen LogP contribution is 2.36. The van der Waals surface area contributed by atoms with E-state index in [-0.39, 0.29) is 29.3 Å². The monoisotopic (exact) mass is 469 g/mol. The average molecular weight is 470 g/mol. The maximum Gasteiger partial charge on any atom is 0.416 e. The Hall–Kier alpha value is -3.54. The zero-order valence-electron chi connectivity index (χ0n) is 19.5. The van der Waals surface area contributed by atoms with Crippen molar-refractivity contribution in [3.63, 3.8) is 0 Å². The Morgan fingerprint density at radius 2 is 1.91 bits per heavy atom. The Kier molecular flexibility index (Phi) is 6.02. The molecule has 34 heavy (non-hydrogen) atoms. The third-order valence-electron chi connectivity index (χ3n) is 6.83. The Bertz CT molecular complexity index is 1330. The summed E-state index contributed by atoms with van der Waals surface area (Å²) in [5.74, 6) is 0.0917. The second kappa shape index (κ2) is 8.67. The van der Waals surface area contributed by atoms with Gasteiger partial charge in [-0.25, -0.2) is 4.98 Å². The summed E-state index contributed by atoms with van der Waals surface area (Å²) in [6, 6.07) is 12.3. The van der Waals surface area contributed by atoms with Gasteiger partial charge in [-0.3, -0.25) is 4.79 Å². The SMILES string of the molecule is C[C@H]1CN(c2cc(=O)n(C)c3ccc(C#N)nc23)[C@@H](C)CC1N(C)c1cccc(C(F)(F)F)c1. The number of aromatic nitrogens is 2. The van der Waals surface area contributed by atoms with Gasteiger partial charge in [-0.05, 0) is 49.6 Å². The highest BCUT2D eigenvalue weighted by atomic mass is 19.4. The van der Waals surface area contributed by atoms with Gasteiger partial charge in [0, 0.05) is 44.5 Å². The van der Waals surface area contributed by atoms with Crippen LogP contribution in [0.2, 0.25) is 0 Å². The fourth-order valence-corrected chi connectivity index (χ4v) is 4.88. The molecule has 2 aromatic heterocycles. The number of nitriles is 1. The maximum atomic E-state index is 13.2. The Morgan fingerprint density at radius 1 is 1.18 bits per heavy atom. The van der Waals surface area contributed by atoms with Crippen LogP contribution in [0.15, 0.2) is 47.3 Å². The van der Waals surface area contributed by atoms with Crippen molar-refractivity contribution in [2.45, 2.75) is 38.5 Å². The van der Waals surface area contributed by atoms with Gasteiger partial charge in [0.1, 0.15) is 17.3 Å². The molecule has 0 radical (unpaired) electrons. The van der Waals surface area contributed by atoms with E-state index in [1.54, 1.807) is 31.3 Å². The van der Waals surface area contributed by atoms with Gasteiger partial charge in [0.15, 0.2) is 0 Å². The van der Waals surface area contributed by atoms with Crippen LogP contribution in [0.1, 0.15) is 31.5 Å². The van der Waals surface area contributed by atoms with Crippen LogP contribution < -0.4 is 15.4 Å². The molecule has 0 N–H and O–H groups in total.